The molecular formula is C21H24N4O6S. The molecule has 0 saturated heterocycles. The van der Waals surface area contributed by atoms with Gasteiger partial charge in [0, 0.05) is 12.2 Å². The summed E-state index contributed by atoms with van der Waals surface area (Å²) in [6.45, 7) is 2.18. The zero-order chi connectivity index (χ0) is 23.1. The van der Waals surface area contributed by atoms with Gasteiger partial charge < -0.3 is 20.3 Å². The number of carbonyl (C=O) groups excluding carboxylic acids is 3. The van der Waals surface area contributed by atoms with E-state index in [1.807, 2.05) is 11.6 Å². The Morgan fingerprint density at radius 1 is 1.09 bits per heavy atom. The van der Waals surface area contributed by atoms with Crippen LogP contribution in [0.2, 0.25) is 0 Å². The van der Waals surface area contributed by atoms with Crippen LogP contribution >= 0.6 is 0 Å². The van der Waals surface area contributed by atoms with Crippen LogP contribution in [0, 0.1) is 0 Å². The van der Waals surface area contributed by atoms with E-state index in [0.717, 1.165) is 12.8 Å². The Morgan fingerprint density at radius 3 is 2.53 bits per heavy atom. The number of rotatable bonds is 8. The normalized spacial score (nSPS) is 13.0. The molecule has 0 saturated carbocycles. The Morgan fingerprint density at radius 2 is 1.81 bits per heavy atom. The molecule has 3 rings (SSSR count). The van der Waals surface area contributed by atoms with Crippen molar-refractivity contribution in [2.75, 3.05) is 29.9 Å². The smallest absolute Gasteiger partial charge is 0.331 e. The largest absolute Gasteiger partial charge is 0.423 e. The van der Waals surface area contributed by atoms with Crippen LogP contribution in [-0.2, 0) is 19.6 Å². The van der Waals surface area contributed by atoms with Crippen LogP contribution in [-0.4, -0.2) is 46.0 Å². The molecule has 0 fully saturated rings. The van der Waals surface area contributed by atoms with Crippen LogP contribution in [0.1, 0.15) is 19.8 Å². The molecule has 0 radical (unpaired) electrons. The van der Waals surface area contributed by atoms with Crippen molar-refractivity contribution in [3.63, 3.8) is 0 Å². The van der Waals surface area contributed by atoms with Crippen molar-refractivity contribution in [1.29, 1.82) is 0 Å². The van der Waals surface area contributed by atoms with E-state index in [9.17, 15) is 22.8 Å². The number of esters is 1. The Bertz CT molecular complexity index is 1100. The average molecular weight is 461 g/mol. The number of nitrogens with one attached hydrogen (secondary N) is 3. The number of sulfonamides is 1. The Kier molecular flexibility index (Phi) is 7.31. The molecule has 0 bridgehead atoms. The Labute approximate surface area is 186 Å². The third kappa shape index (κ3) is 5.97. The second-order valence-corrected chi connectivity index (χ2v) is 8.77. The van der Waals surface area contributed by atoms with Gasteiger partial charge in [-0.2, -0.15) is 0 Å². The van der Waals surface area contributed by atoms with Crippen molar-refractivity contribution in [1.82, 2.24) is 10.0 Å². The fourth-order valence-corrected chi connectivity index (χ4v) is 3.96. The van der Waals surface area contributed by atoms with Gasteiger partial charge in [0.25, 0.3) is 10.0 Å². The third-order valence-electron chi connectivity index (χ3n) is 4.58. The lowest BCUT2D eigenvalue weighted by Crippen LogP contribution is -2.41. The van der Waals surface area contributed by atoms with Crippen LogP contribution in [0.15, 0.2) is 53.4 Å². The molecule has 3 amide bonds. The number of urea groups is 1. The molecule has 0 aliphatic carbocycles. The fraction of sp³-hybridized carbons (Fsp3) is 0.286. The molecule has 1 aliphatic heterocycles. The summed E-state index contributed by atoms with van der Waals surface area (Å²) < 4.78 is 31.7. The summed E-state index contributed by atoms with van der Waals surface area (Å²) in [5.74, 6) is -0.465. The molecule has 1 heterocycles. The number of hydrogen-bond donors (Lipinski definition) is 3. The monoisotopic (exact) mass is 460 g/mol. The van der Waals surface area contributed by atoms with E-state index in [4.69, 9.17) is 4.74 Å². The van der Waals surface area contributed by atoms with E-state index in [-0.39, 0.29) is 18.0 Å². The second kappa shape index (κ2) is 10.1. The number of fused-ring (bicyclic) bond motifs is 1. The quantitative estimate of drug-likeness (QED) is 0.311. The molecular weight excluding hydrogens is 436 g/mol. The maximum Gasteiger partial charge on any atom is 0.331 e. The second-order valence-electron chi connectivity index (χ2n) is 7.09. The first-order valence-electron chi connectivity index (χ1n) is 10.0. The van der Waals surface area contributed by atoms with Gasteiger partial charge in [0.1, 0.15) is 6.54 Å². The molecule has 0 unspecified atom stereocenters. The standard InChI is InChI=1S/C21H24N4O6S/c1-2-3-12-22-21(28)24-32(29,30)16-10-8-15(9-11-16)23-19(26)13-25-14-20(27)31-18-7-5-4-6-17(18)25/h4-11H,2-3,12-14H2,1H3,(H,23,26)(H2,22,24,28). The predicted molar refractivity (Wildman–Crippen MR) is 118 cm³/mol. The van der Waals surface area contributed by atoms with E-state index in [1.54, 1.807) is 29.2 Å². The minimum absolute atomic E-state index is 0.0619. The van der Waals surface area contributed by atoms with Crippen LogP contribution in [0.25, 0.3) is 0 Å². The predicted octanol–water partition coefficient (Wildman–Crippen LogP) is 1.84. The number of ether oxygens (including phenoxy) is 1. The maximum atomic E-state index is 12.5. The first kappa shape index (κ1) is 23.1. The number of unbranched alkanes of at least 4 members (excludes halogenated alkanes) is 1. The van der Waals surface area contributed by atoms with Gasteiger partial charge in [-0.3, -0.25) is 4.79 Å². The SMILES string of the molecule is CCCCNC(=O)NS(=O)(=O)c1ccc(NC(=O)CN2CC(=O)Oc3ccccc32)cc1. The number of nitrogens with zero attached hydrogens (tertiary/aromatic N) is 1. The van der Waals surface area contributed by atoms with Gasteiger partial charge in [-0.25, -0.2) is 22.7 Å². The van der Waals surface area contributed by atoms with E-state index < -0.39 is 27.9 Å². The number of carbonyl (C=O) groups is 3. The molecule has 0 aromatic heterocycles. The first-order valence-corrected chi connectivity index (χ1v) is 11.5. The molecule has 10 nitrogen and oxygen atoms in total. The summed E-state index contributed by atoms with van der Waals surface area (Å²) in [4.78, 5) is 37.4. The lowest BCUT2D eigenvalue weighted by atomic mass is 10.2. The van der Waals surface area contributed by atoms with Gasteiger partial charge in [0.05, 0.1) is 17.1 Å². The molecule has 170 valence electrons. The van der Waals surface area contributed by atoms with E-state index >= 15 is 0 Å². The Balaban J connectivity index is 1.59. The van der Waals surface area contributed by atoms with Gasteiger partial charge in [0.15, 0.2) is 5.75 Å². The van der Waals surface area contributed by atoms with Crippen molar-refractivity contribution in [2.24, 2.45) is 0 Å². The van der Waals surface area contributed by atoms with Gasteiger partial charge in [0.2, 0.25) is 5.91 Å². The number of hydrogen-bond acceptors (Lipinski definition) is 7. The molecule has 11 heteroatoms. The number of anilines is 2. The van der Waals surface area contributed by atoms with Gasteiger partial charge in [-0.05, 0) is 42.8 Å². The molecule has 0 atom stereocenters. The minimum atomic E-state index is -4.04. The van der Waals surface area contributed by atoms with Crippen LogP contribution in [0.4, 0.5) is 16.2 Å². The van der Waals surface area contributed by atoms with E-state index in [1.165, 1.54) is 24.3 Å². The zero-order valence-electron chi connectivity index (χ0n) is 17.5. The van der Waals surface area contributed by atoms with Crippen molar-refractivity contribution in [2.45, 2.75) is 24.7 Å². The minimum Gasteiger partial charge on any atom is -0.423 e. The summed E-state index contributed by atoms with van der Waals surface area (Å²) in [6, 6.07) is 11.5. The highest BCUT2D eigenvalue weighted by molar-refractivity contribution is 7.90. The highest BCUT2D eigenvalue weighted by atomic mass is 32.2. The van der Waals surface area contributed by atoms with Crippen LogP contribution < -0.4 is 25.0 Å². The highest BCUT2D eigenvalue weighted by Gasteiger charge is 2.25. The van der Waals surface area contributed by atoms with Gasteiger partial charge >= 0.3 is 12.0 Å². The van der Waals surface area contributed by atoms with Crippen molar-refractivity contribution >= 4 is 39.3 Å². The lowest BCUT2D eigenvalue weighted by Gasteiger charge is -2.29. The third-order valence-corrected chi connectivity index (χ3v) is 5.92. The topological polar surface area (TPSA) is 134 Å². The number of para-hydroxylation sites is 2. The molecule has 32 heavy (non-hydrogen) atoms. The van der Waals surface area contributed by atoms with Crippen molar-refractivity contribution < 1.29 is 27.5 Å². The summed E-state index contributed by atoms with van der Waals surface area (Å²) in [5, 5.41) is 5.13. The molecule has 3 N–H and O–H groups in total. The summed E-state index contributed by atoms with van der Waals surface area (Å²) in [5.41, 5.74) is 1.00. The number of benzene rings is 2. The van der Waals surface area contributed by atoms with E-state index in [0.29, 0.717) is 23.7 Å². The molecule has 0 spiro atoms. The molecule has 1 aliphatic rings. The van der Waals surface area contributed by atoms with Crippen LogP contribution in [0.3, 0.4) is 0 Å². The first-order chi connectivity index (χ1) is 15.3. The van der Waals surface area contributed by atoms with Crippen LogP contribution in [0.5, 0.6) is 5.75 Å². The van der Waals surface area contributed by atoms with Crippen molar-refractivity contribution in [3.05, 3.63) is 48.5 Å². The summed E-state index contributed by atoms with van der Waals surface area (Å²) in [7, 11) is -4.04. The maximum absolute atomic E-state index is 12.5. The van der Waals surface area contributed by atoms with Gasteiger partial charge in [-0.1, -0.05) is 25.5 Å². The van der Waals surface area contributed by atoms with E-state index in [2.05, 4.69) is 10.6 Å². The summed E-state index contributed by atoms with van der Waals surface area (Å²) >= 11 is 0. The van der Waals surface area contributed by atoms with Crippen molar-refractivity contribution in [3.8, 4) is 5.75 Å². The average Bonchev–Trinajstić information content (AvgIpc) is 2.74. The highest BCUT2D eigenvalue weighted by Crippen LogP contribution is 2.31. The zero-order valence-corrected chi connectivity index (χ0v) is 18.3. The summed E-state index contributed by atoms with van der Waals surface area (Å²) in [6.07, 6.45) is 1.61. The number of amides is 3. The lowest BCUT2D eigenvalue weighted by molar-refractivity contribution is -0.133. The van der Waals surface area contributed by atoms with Gasteiger partial charge in [-0.15, -0.1) is 0 Å². The molecule has 2 aromatic rings. The molecule has 2 aromatic carbocycles. The Hall–Kier alpha value is -3.60. The fourth-order valence-electron chi connectivity index (χ4n) is 3.03.